The van der Waals surface area contributed by atoms with Gasteiger partial charge in [0.1, 0.15) is 17.5 Å². The average molecular weight is 256 g/mol. The van der Waals surface area contributed by atoms with Gasteiger partial charge in [-0.2, -0.15) is 0 Å². The van der Waals surface area contributed by atoms with Crippen LogP contribution in [0.25, 0.3) is 0 Å². The molecule has 3 unspecified atom stereocenters. The second-order valence-corrected chi connectivity index (χ2v) is 5.42. The number of aliphatic hydroxyl groups excluding tert-OH is 1. The number of fused-ring (bicyclic) bond motifs is 1. The van der Waals surface area contributed by atoms with Crippen LogP contribution in [0.15, 0.2) is 12.1 Å². The maximum atomic E-state index is 13.6. The molecule has 1 aromatic rings. The van der Waals surface area contributed by atoms with Crippen molar-refractivity contribution in [3.63, 3.8) is 0 Å². The first kappa shape index (κ1) is 12.0. The van der Waals surface area contributed by atoms with Gasteiger partial charge in [0.2, 0.25) is 0 Å². The lowest BCUT2D eigenvalue weighted by Crippen LogP contribution is -2.08. The zero-order valence-corrected chi connectivity index (χ0v) is 9.87. The maximum absolute atomic E-state index is 13.6. The van der Waals surface area contributed by atoms with Crippen LogP contribution in [0.3, 0.4) is 0 Å². The summed E-state index contributed by atoms with van der Waals surface area (Å²) in [5.41, 5.74) is -0.365. The van der Waals surface area contributed by atoms with E-state index in [1.165, 1.54) is 0 Å². The van der Waals surface area contributed by atoms with Crippen molar-refractivity contribution in [1.82, 2.24) is 0 Å². The Morgan fingerprint density at radius 1 is 1.00 bits per heavy atom. The number of halogens is 3. The van der Waals surface area contributed by atoms with Crippen LogP contribution in [0.2, 0.25) is 0 Å². The second kappa shape index (κ2) is 4.26. The van der Waals surface area contributed by atoms with Crippen LogP contribution in [0.5, 0.6) is 0 Å². The zero-order chi connectivity index (χ0) is 12.9. The Hall–Kier alpha value is -1.03. The summed E-state index contributed by atoms with van der Waals surface area (Å²) in [7, 11) is 0. The minimum absolute atomic E-state index is 0.0537. The molecule has 0 aliphatic heterocycles. The zero-order valence-electron chi connectivity index (χ0n) is 9.87. The van der Waals surface area contributed by atoms with Gasteiger partial charge in [0.05, 0.1) is 11.7 Å². The van der Waals surface area contributed by atoms with Crippen molar-refractivity contribution >= 4 is 0 Å². The Kier molecular flexibility index (Phi) is 2.85. The Bertz CT molecular complexity index is 439. The van der Waals surface area contributed by atoms with Crippen LogP contribution in [0.4, 0.5) is 13.2 Å². The number of hydrogen-bond donors (Lipinski definition) is 1. The highest BCUT2D eigenvalue weighted by molar-refractivity contribution is 5.26. The SMILES string of the molecule is OC(c1c(F)cc(F)cc1F)C1C2CCCCC21. The molecular weight excluding hydrogens is 241 g/mol. The van der Waals surface area contributed by atoms with Crippen molar-refractivity contribution in [2.24, 2.45) is 17.8 Å². The summed E-state index contributed by atoms with van der Waals surface area (Å²) in [5.74, 6) is -2.20. The Balaban J connectivity index is 1.87. The van der Waals surface area contributed by atoms with Crippen LogP contribution in [0.1, 0.15) is 37.4 Å². The molecule has 18 heavy (non-hydrogen) atoms. The monoisotopic (exact) mass is 256 g/mol. The molecule has 3 rings (SSSR count). The number of hydrogen-bond acceptors (Lipinski definition) is 1. The molecule has 0 aromatic heterocycles. The normalized spacial score (nSPS) is 31.9. The molecule has 1 nitrogen and oxygen atoms in total. The van der Waals surface area contributed by atoms with Crippen molar-refractivity contribution < 1.29 is 18.3 Å². The fraction of sp³-hybridized carbons (Fsp3) is 0.571. The molecule has 2 aliphatic rings. The molecule has 98 valence electrons. The van der Waals surface area contributed by atoms with Crippen LogP contribution < -0.4 is 0 Å². The smallest absolute Gasteiger partial charge is 0.134 e. The van der Waals surface area contributed by atoms with Crippen LogP contribution in [0, 0.1) is 35.2 Å². The molecule has 2 fully saturated rings. The summed E-state index contributed by atoms with van der Waals surface area (Å²) in [6.45, 7) is 0. The van der Waals surface area contributed by atoms with Gasteiger partial charge in [-0.25, -0.2) is 13.2 Å². The van der Waals surface area contributed by atoms with Crippen molar-refractivity contribution in [1.29, 1.82) is 0 Å². The van der Waals surface area contributed by atoms with E-state index in [1.807, 2.05) is 0 Å². The maximum Gasteiger partial charge on any atom is 0.134 e. The lowest BCUT2D eigenvalue weighted by atomic mass is 10.0. The first-order valence-corrected chi connectivity index (χ1v) is 6.42. The molecule has 0 amide bonds. The highest BCUT2D eigenvalue weighted by Gasteiger charge is 2.55. The lowest BCUT2D eigenvalue weighted by molar-refractivity contribution is 0.133. The number of benzene rings is 1. The highest BCUT2D eigenvalue weighted by atomic mass is 19.1. The van der Waals surface area contributed by atoms with Crippen LogP contribution in [-0.4, -0.2) is 5.11 Å². The third-order valence-corrected chi connectivity index (χ3v) is 4.43. The van der Waals surface area contributed by atoms with Gasteiger partial charge in [-0.1, -0.05) is 12.8 Å². The van der Waals surface area contributed by atoms with Gasteiger partial charge in [0, 0.05) is 12.1 Å². The first-order valence-electron chi connectivity index (χ1n) is 6.42. The Labute approximate surface area is 104 Å². The van der Waals surface area contributed by atoms with Crippen molar-refractivity contribution in [3.8, 4) is 0 Å². The Morgan fingerprint density at radius 3 is 2.00 bits per heavy atom. The van der Waals surface area contributed by atoms with Gasteiger partial charge in [-0.15, -0.1) is 0 Å². The van der Waals surface area contributed by atoms with Gasteiger partial charge < -0.3 is 5.11 Å². The quantitative estimate of drug-likeness (QED) is 0.857. The third-order valence-electron chi connectivity index (χ3n) is 4.43. The molecular formula is C14H15F3O. The first-order chi connectivity index (χ1) is 8.59. The molecule has 0 saturated heterocycles. The summed E-state index contributed by atoms with van der Waals surface area (Å²) >= 11 is 0. The topological polar surface area (TPSA) is 20.2 Å². The van der Waals surface area contributed by atoms with E-state index in [2.05, 4.69) is 0 Å². The van der Waals surface area contributed by atoms with Gasteiger partial charge in [-0.3, -0.25) is 0 Å². The van der Waals surface area contributed by atoms with Crippen LogP contribution in [-0.2, 0) is 0 Å². The summed E-state index contributed by atoms with van der Waals surface area (Å²) in [6, 6.07) is 1.27. The van der Waals surface area contributed by atoms with Gasteiger partial charge in [0.25, 0.3) is 0 Å². The van der Waals surface area contributed by atoms with E-state index in [0.717, 1.165) is 25.7 Å². The van der Waals surface area contributed by atoms with E-state index < -0.39 is 23.6 Å². The predicted molar refractivity (Wildman–Crippen MR) is 60.2 cm³/mol. The minimum atomic E-state index is -1.14. The summed E-state index contributed by atoms with van der Waals surface area (Å²) in [4.78, 5) is 0. The van der Waals surface area contributed by atoms with E-state index in [4.69, 9.17) is 0 Å². The van der Waals surface area contributed by atoms with Gasteiger partial charge >= 0.3 is 0 Å². The van der Waals surface area contributed by atoms with Crippen molar-refractivity contribution in [2.75, 3.05) is 0 Å². The van der Waals surface area contributed by atoms with Crippen LogP contribution >= 0.6 is 0 Å². The second-order valence-electron chi connectivity index (χ2n) is 5.42. The molecule has 0 radical (unpaired) electrons. The number of rotatable bonds is 2. The fourth-order valence-corrected chi connectivity index (χ4v) is 3.54. The van der Waals surface area contributed by atoms with E-state index >= 15 is 0 Å². The summed E-state index contributed by atoms with van der Waals surface area (Å²) in [6.07, 6.45) is 3.16. The summed E-state index contributed by atoms with van der Waals surface area (Å²) < 4.78 is 40.0. The van der Waals surface area contributed by atoms with Gasteiger partial charge in [0.15, 0.2) is 0 Å². The average Bonchev–Trinajstić information content (AvgIpc) is 3.01. The highest BCUT2D eigenvalue weighted by Crippen LogP contribution is 2.60. The fourth-order valence-electron chi connectivity index (χ4n) is 3.54. The minimum Gasteiger partial charge on any atom is -0.388 e. The van der Waals surface area contributed by atoms with E-state index in [0.29, 0.717) is 24.0 Å². The van der Waals surface area contributed by atoms with Crippen molar-refractivity contribution in [3.05, 3.63) is 35.1 Å². The van der Waals surface area contributed by atoms with E-state index in [1.54, 1.807) is 0 Å². The molecule has 1 aromatic carbocycles. The molecule has 2 saturated carbocycles. The Morgan fingerprint density at radius 2 is 1.50 bits per heavy atom. The molecule has 0 bridgehead atoms. The van der Waals surface area contributed by atoms with Gasteiger partial charge in [-0.05, 0) is 30.6 Å². The standard InChI is InChI=1S/C14H15F3O/c15-7-5-10(16)13(11(17)6-7)14(18)12-8-3-1-2-4-9(8)12/h5-6,8-9,12,14,18H,1-4H2. The third kappa shape index (κ3) is 1.83. The number of aliphatic hydroxyl groups is 1. The predicted octanol–water partition coefficient (Wildman–Crippen LogP) is 3.57. The van der Waals surface area contributed by atoms with E-state index in [9.17, 15) is 18.3 Å². The lowest BCUT2D eigenvalue weighted by Gasteiger charge is -2.13. The molecule has 4 heteroatoms. The molecule has 0 heterocycles. The molecule has 2 aliphatic carbocycles. The molecule has 1 N–H and O–H groups in total. The molecule has 3 atom stereocenters. The summed E-state index contributed by atoms with van der Waals surface area (Å²) in [5, 5.41) is 10.1. The van der Waals surface area contributed by atoms with E-state index in [-0.39, 0.29) is 11.5 Å². The largest absolute Gasteiger partial charge is 0.388 e. The van der Waals surface area contributed by atoms with Crippen molar-refractivity contribution in [2.45, 2.75) is 31.8 Å². The molecule has 0 spiro atoms.